The number of hydrogen-bond donors (Lipinski definition) is 1. The number of ether oxygens (including phenoxy) is 2. The molecule has 2 rings (SSSR count). The number of hydrogen-bond acceptors (Lipinski definition) is 4. The zero-order chi connectivity index (χ0) is 8.93. The fourth-order valence-corrected chi connectivity index (χ4v) is 1.76. The minimum absolute atomic E-state index is 0.171. The molecule has 4 heteroatoms. The van der Waals surface area contributed by atoms with Gasteiger partial charge in [0.15, 0.2) is 0 Å². The molecule has 1 N–H and O–H groups in total. The van der Waals surface area contributed by atoms with Crippen molar-refractivity contribution < 1.29 is 9.47 Å². The molecule has 2 heterocycles. The summed E-state index contributed by atoms with van der Waals surface area (Å²) >= 11 is 0. The van der Waals surface area contributed by atoms with Gasteiger partial charge in [0, 0.05) is 19.6 Å². The minimum atomic E-state index is 0.171. The van der Waals surface area contributed by atoms with Crippen molar-refractivity contribution in [2.75, 3.05) is 39.4 Å². The van der Waals surface area contributed by atoms with Gasteiger partial charge in [0.25, 0.3) is 0 Å². The lowest BCUT2D eigenvalue weighted by Crippen LogP contribution is -2.44. The molecule has 75 valence electrons. The van der Waals surface area contributed by atoms with Crippen LogP contribution in [0.3, 0.4) is 0 Å². The largest absolute Gasteiger partial charge is 0.369 e. The van der Waals surface area contributed by atoms with E-state index >= 15 is 0 Å². The zero-order valence-corrected chi connectivity index (χ0v) is 7.87. The summed E-state index contributed by atoms with van der Waals surface area (Å²) in [5.74, 6) is 0. The van der Waals surface area contributed by atoms with Crippen LogP contribution in [0.15, 0.2) is 0 Å². The standard InChI is InChI=1S/C9H17N2O2/c1-2-10-3-5-11(4-1)9-8-12-6-7-13-9/h6,9-10H,1-5,7-8H2. The Morgan fingerprint density at radius 3 is 3.15 bits per heavy atom. The number of nitrogens with one attached hydrogen (secondary N) is 1. The van der Waals surface area contributed by atoms with Crippen molar-refractivity contribution in [3.63, 3.8) is 0 Å². The van der Waals surface area contributed by atoms with Crippen LogP contribution in [0, 0.1) is 6.61 Å². The summed E-state index contributed by atoms with van der Waals surface area (Å²) in [6.07, 6.45) is 1.37. The first kappa shape index (κ1) is 9.40. The smallest absolute Gasteiger partial charge is 0.134 e. The van der Waals surface area contributed by atoms with Gasteiger partial charge in [-0.2, -0.15) is 0 Å². The van der Waals surface area contributed by atoms with Crippen molar-refractivity contribution in [3.05, 3.63) is 6.61 Å². The number of nitrogens with zero attached hydrogens (tertiary/aromatic N) is 1. The summed E-state index contributed by atoms with van der Waals surface area (Å²) in [4.78, 5) is 2.35. The van der Waals surface area contributed by atoms with E-state index in [1.165, 1.54) is 6.42 Å². The predicted octanol–water partition coefficient (Wildman–Crippen LogP) is -0.184. The minimum Gasteiger partial charge on any atom is -0.369 e. The average Bonchev–Trinajstić information content (AvgIpc) is 2.47. The molecular formula is C9H17N2O2. The average molecular weight is 185 g/mol. The van der Waals surface area contributed by atoms with Crippen LogP contribution in [0.2, 0.25) is 0 Å². The first-order valence-corrected chi connectivity index (χ1v) is 4.96. The normalized spacial score (nSPS) is 32.8. The Kier molecular flexibility index (Phi) is 3.55. The van der Waals surface area contributed by atoms with Gasteiger partial charge in [-0.15, -0.1) is 0 Å². The quantitative estimate of drug-likeness (QED) is 0.614. The fourth-order valence-electron chi connectivity index (χ4n) is 1.76. The van der Waals surface area contributed by atoms with Crippen LogP contribution in [0.5, 0.6) is 0 Å². The first-order chi connectivity index (χ1) is 6.47. The van der Waals surface area contributed by atoms with Crippen molar-refractivity contribution in [2.45, 2.75) is 12.6 Å². The first-order valence-electron chi connectivity index (χ1n) is 4.96. The van der Waals surface area contributed by atoms with Crippen molar-refractivity contribution in [2.24, 2.45) is 0 Å². The third-order valence-corrected chi connectivity index (χ3v) is 2.50. The Hall–Kier alpha value is -0.160. The van der Waals surface area contributed by atoms with Gasteiger partial charge >= 0.3 is 0 Å². The van der Waals surface area contributed by atoms with E-state index < -0.39 is 0 Å². The van der Waals surface area contributed by atoms with E-state index in [0.29, 0.717) is 13.2 Å². The van der Waals surface area contributed by atoms with E-state index in [9.17, 15) is 0 Å². The Balaban J connectivity index is 1.82. The van der Waals surface area contributed by atoms with E-state index in [1.807, 2.05) is 0 Å². The van der Waals surface area contributed by atoms with Crippen LogP contribution >= 0.6 is 0 Å². The fraction of sp³-hybridized carbons (Fsp3) is 0.889. The highest BCUT2D eigenvalue weighted by Crippen LogP contribution is 2.10. The van der Waals surface area contributed by atoms with Crippen molar-refractivity contribution in [1.29, 1.82) is 0 Å². The highest BCUT2D eigenvalue weighted by atomic mass is 16.6. The molecule has 0 bridgehead atoms. The molecule has 1 unspecified atom stereocenters. The van der Waals surface area contributed by atoms with Crippen LogP contribution in [-0.4, -0.2) is 50.5 Å². The molecule has 13 heavy (non-hydrogen) atoms. The monoisotopic (exact) mass is 185 g/mol. The maximum atomic E-state index is 5.59. The van der Waals surface area contributed by atoms with Crippen molar-refractivity contribution in [1.82, 2.24) is 10.2 Å². The predicted molar refractivity (Wildman–Crippen MR) is 49.1 cm³/mol. The van der Waals surface area contributed by atoms with Gasteiger partial charge in [0.05, 0.1) is 13.2 Å². The summed E-state index contributed by atoms with van der Waals surface area (Å²) in [5.41, 5.74) is 0. The van der Waals surface area contributed by atoms with Gasteiger partial charge in [-0.25, -0.2) is 0 Å². The van der Waals surface area contributed by atoms with Crippen LogP contribution < -0.4 is 5.32 Å². The topological polar surface area (TPSA) is 33.7 Å². The molecule has 0 amide bonds. The highest BCUT2D eigenvalue weighted by molar-refractivity contribution is 4.72. The van der Waals surface area contributed by atoms with E-state index in [-0.39, 0.29) is 6.23 Å². The molecule has 4 nitrogen and oxygen atoms in total. The van der Waals surface area contributed by atoms with E-state index in [0.717, 1.165) is 26.2 Å². The summed E-state index contributed by atoms with van der Waals surface area (Å²) < 4.78 is 10.9. The Labute approximate surface area is 79.2 Å². The lowest BCUT2D eigenvalue weighted by atomic mass is 10.3. The van der Waals surface area contributed by atoms with Gasteiger partial charge in [-0.1, -0.05) is 0 Å². The maximum absolute atomic E-state index is 5.59. The molecule has 2 fully saturated rings. The van der Waals surface area contributed by atoms with Crippen molar-refractivity contribution in [3.8, 4) is 0 Å². The van der Waals surface area contributed by atoms with Crippen molar-refractivity contribution >= 4 is 0 Å². The van der Waals surface area contributed by atoms with E-state index in [2.05, 4.69) is 10.2 Å². The molecular weight excluding hydrogens is 168 g/mol. The van der Waals surface area contributed by atoms with Crippen LogP contribution in [0.25, 0.3) is 0 Å². The molecule has 0 aromatic rings. The molecule has 2 aliphatic heterocycles. The van der Waals surface area contributed by atoms with Gasteiger partial charge < -0.3 is 14.8 Å². The third-order valence-electron chi connectivity index (χ3n) is 2.50. The molecule has 0 saturated carbocycles. The van der Waals surface area contributed by atoms with Gasteiger partial charge in [0.2, 0.25) is 0 Å². The molecule has 0 aromatic heterocycles. The molecule has 0 spiro atoms. The lowest BCUT2D eigenvalue weighted by Gasteiger charge is -2.32. The highest BCUT2D eigenvalue weighted by Gasteiger charge is 2.22. The molecule has 0 aromatic carbocycles. The van der Waals surface area contributed by atoms with E-state index in [1.54, 1.807) is 6.61 Å². The Morgan fingerprint density at radius 2 is 2.31 bits per heavy atom. The molecule has 2 saturated heterocycles. The van der Waals surface area contributed by atoms with Crippen LogP contribution in [0.1, 0.15) is 6.42 Å². The Bertz CT molecular complexity index is 141. The molecule has 1 atom stereocenters. The zero-order valence-electron chi connectivity index (χ0n) is 7.87. The van der Waals surface area contributed by atoms with Gasteiger partial charge in [-0.3, -0.25) is 4.90 Å². The molecule has 0 aliphatic carbocycles. The van der Waals surface area contributed by atoms with Crippen LogP contribution in [-0.2, 0) is 9.47 Å². The second-order valence-corrected chi connectivity index (χ2v) is 3.43. The van der Waals surface area contributed by atoms with Gasteiger partial charge in [-0.05, 0) is 13.0 Å². The molecule has 2 aliphatic rings. The number of rotatable bonds is 1. The summed E-state index contributed by atoms with van der Waals surface area (Å²) in [6, 6.07) is 0. The summed E-state index contributed by atoms with van der Waals surface area (Å²) in [7, 11) is 0. The lowest BCUT2D eigenvalue weighted by molar-refractivity contribution is -0.130. The van der Waals surface area contributed by atoms with Gasteiger partial charge in [0.1, 0.15) is 12.8 Å². The third kappa shape index (κ3) is 2.64. The summed E-state index contributed by atoms with van der Waals surface area (Å²) in [6.45, 7) is 7.38. The second kappa shape index (κ2) is 4.91. The SMILES string of the molecule is [CH]1COC(N2CCCNCC2)CO1. The second-order valence-electron chi connectivity index (χ2n) is 3.43. The van der Waals surface area contributed by atoms with E-state index in [4.69, 9.17) is 9.47 Å². The Morgan fingerprint density at radius 1 is 1.31 bits per heavy atom. The van der Waals surface area contributed by atoms with Crippen LogP contribution in [0.4, 0.5) is 0 Å². The molecule has 1 radical (unpaired) electrons. The maximum Gasteiger partial charge on any atom is 0.134 e. The summed E-state index contributed by atoms with van der Waals surface area (Å²) in [5, 5.41) is 3.37.